The molecule has 0 fully saturated rings. The molecule has 0 unspecified atom stereocenters. The Hall–Kier alpha value is -2.14. The highest BCUT2D eigenvalue weighted by Gasteiger charge is 2.21. The fourth-order valence-corrected chi connectivity index (χ4v) is 2.22. The van der Waals surface area contributed by atoms with Gasteiger partial charge >= 0.3 is 0 Å². The van der Waals surface area contributed by atoms with Crippen molar-refractivity contribution in [3.63, 3.8) is 0 Å². The first-order chi connectivity index (χ1) is 10.2. The second kappa shape index (κ2) is 6.10. The summed E-state index contributed by atoms with van der Waals surface area (Å²) in [5.41, 5.74) is 0.800. The van der Waals surface area contributed by atoms with Crippen LogP contribution in [0.15, 0.2) is 42.6 Å². The van der Waals surface area contributed by atoms with Crippen LogP contribution in [-0.4, -0.2) is 24.2 Å². The Morgan fingerprint density at radius 2 is 2.10 bits per heavy atom. The first kappa shape index (κ1) is 13.8. The fraction of sp³-hybridized carbons (Fsp3) is 0.312. The number of fused-ring (bicyclic) bond motifs is 1. The van der Waals surface area contributed by atoms with Crippen LogP contribution in [0.5, 0.6) is 11.5 Å². The minimum Gasteiger partial charge on any atom is -0.486 e. The highest BCUT2D eigenvalue weighted by molar-refractivity contribution is 5.40. The summed E-state index contributed by atoms with van der Waals surface area (Å²) >= 11 is 0. The number of hydrogen-bond acceptors (Lipinski definition) is 4. The monoisotopic (exact) mass is 288 g/mol. The highest BCUT2D eigenvalue weighted by atomic mass is 19.1. The van der Waals surface area contributed by atoms with Crippen LogP contribution in [0.3, 0.4) is 0 Å². The topological polar surface area (TPSA) is 43.4 Å². The number of aromatic nitrogens is 1. The average Bonchev–Trinajstić information content (AvgIpc) is 2.53. The van der Waals surface area contributed by atoms with E-state index in [1.54, 1.807) is 6.07 Å². The van der Waals surface area contributed by atoms with Crippen molar-refractivity contribution in [2.75, 3.05) is 13.2 Å². The molecule has 0 radical (unpaired) electrons. The molecular formula is C16H17FN2O2. The molecule has 2 heterocycles. The number of nitrogens with one attached hydrogen (secondary N) is 1. The van der Waals surface area contributed by atoms with Gasteiger partial charge in [0, 0.05) is 12.6 Å². The minimum atomic E-state index is -0.327. The van der Waals surface area contributed by atoms with Crippen LogP contribution in [0.4, 0.5) is 4.39 Å². The molecule has 5 heteroatoms. The average molecular weight is 288 g/mol. The van der Waals surface area contributed by atoms with Crippen molar-refractivity contribution in [3.8, 4) is 11.5 Å². The molecule has 0 saturated carbocycles. The molecule has 0 spiro atoms. The van der Waals surface area contributed by atoms with Gasteiger partial charge in [0.15, 0.2) is 11.5 Å². The summed E-state index contributed by atoms with van der Waals surface area (Å²) in [7, 11) is 0. The fourth-order valence-electron chi connectivity index (χ4n) is 2.22. The maximum Gasteiger partial charge on any atom is 0.161 e. The number of benzene rings is 1. The van der Waals surface area contributed by atoms with Gasteiger partial charge in [0.05, 0.1) is 11.9 Å². The molecule has 2 aromatic rings. The number of nitrogens with zero attached hydrogens (tertiary/aromatic N) is 1. The summed E-state index contributed by atoms with van der Waals surface area (Å²) < 4.78 is 24.4. The lowest BCUT2D eigenvalue weighted by Crippen LogP contribution is -2.39. The zero-order chi connectivity index (χ0) is 14.7. The molecule has 4 nitrogen and oxygen atoms in total. The van der Waals surface area contributed by atoms with Crippen LogP contribution in [-0.2, 0) is 0 Å². The van der Waals surface area contributed by atoms with Gasteiger partial charge in [-0.25, -0.2) is 4.39 Å². The number of hydrogen-bond donors (Lipinski definition) is 1. The molecule has 110 valence electrons. The van der Waals surface area contributed by atoms with Crippen LogP contribution < -0.4 is 14.8 Å². The van der Waals surface area contributed by atoms with Crippen molar-refractivity contribution in [2.45, 2.75) is 19.1 Å². The van der Waals surface area contributed by atoms with E-state index in [1.807, 2.05) is 31.2 Å². The van der Waals surface area contributed by atoms with Crippen molar-refractivity contribution >= 4 is 0 Å². The van der Waals surface area contributed by atoms with Crippen LogP contribution in [0, 0.1) is 5.82 Å². The van der Waals surface area contributed by atoms with Gasteiger partial charge in [-0.05, 0) is 31.2 Å². The molecule has 1 aliphatic rings. The van der Waals surface area contributed by atoms with Crippen molar-refractivity contribution in [1.29, 1.82) is 0 Å². The Morgan fingerprint density at radius 1 is 1.29 bits per heavy atom. The lowest BCUT2D eigenvalue weighted by atomic mass is 10.2. The Labute approximate surface area is 122 Å². The van der Waals surface area contributed by atoms with E-state index in [2.05, 4.69) is 10.3 Å². The standard InChI is InChI=1S/C16H17FN2O2/c1-11(14-7-6-12(17)8-19-14)18-9-13-10-20-15-4-2-3-5-16(15)21-13/h2-8,11,13,18H,9-10H2,1H3/t11-,13-/m0/s1. The third-order valence-electron chi connectivity index (χ3n) is 3.41. The van der Waals surface area contributed by atoms with E-state index < -0.39 is 0 Å². The van der Waals surface area contributed by atoms with E-state index in [-0.39, 0.29) is 18.0 Å². The van der Waals surface area contributed by atoms with Crippen molar-refractivity contribution < 1.29 is 13.9 Å². The van der Waals surface area contributed by atoms with E-state index in [9.17, 15) is 4.39 Å². The third kappa shape index (κ3) is 3.31. The van der Waals surface area contributed by atoms with Gasteiger partial charge < -0.3 is 14.8 Å². The van der Waals surface area contributed by atoms with Crippen LogP contribution in [0.25, 0.3) is 0 Å². The number of ether oxygens (including phenoxy) is 2. The zero-order valence-corrected chi connectivity index (χ0v) is 11.8. The smallest absolute Gasteiger partial charge is 0.161 e. The Balaban J connectivity index is 1.55. The Bertz CT molecular complexity index is 603. The molecule has 0 aliphatic carbocycles. The van der Waals surface area contributed by atoms with Crippen LogP contribution in [0.1, 0.15) is 18.7 Å². The molecule has 21 heavy (non-hydrogen) atoms. The van der Waals surface area contributed by atoms with E-state index >= 15 is 0 Å². The lowest BCUT2D eigenvalue weighted by molar-refractivity contribution is 0.0885. The number of pyridine rings is 1. The van der Waals surface area contributed by atoms with E-state index in [4.69, 9.17) is 9.47 Å². The molecule has 0 saturated heterocycles. The van der Waals surface area contributed by atoms with Crippen LogP contribution in [0.2, 0.25) is 0 Å². The molecule has 1 N–H and O–H groups in total. The zero-order valence-electron chi connectivity index (χ0n) is 11.8. The predicted octanol–water partition coefficient (Wildman–Crippen LogP) is 2.71. The molecule has 0 amide bonds. The summed E-state index contributed by atoms with van der Waals surface area (Å²) in [6.07, 6.45) is 1.17. The first-order valence-corrected chi connectivity index (χ1v) is 6.95. The van der Waals surface area contributed by atoms with E-state index in [0.717, 1.165) is 17.2 Å². The van der Waals surface area contributed by atoms with Gasteiger partial charge in [-0.2, -0.15) is 0 Å². The molecule has 1 aliphatic heterocycles. The van der Waals surface area contributed by atoms with Gasteiger partial charge in [-0.15, -0.1) is 0 Å². The Kier molecular flexibility index (Phi) is 4.01. The van der Waals surface area contributed by atoms with E-state index in [0.29, 0.717) is 13.2 Å². The van der Waals surface area contributed by atoms with Crippen molar-refractivity contribution in [1.82, 2.24) is 10.3 Å². The van der Waals surface area contributed by atoms with Gasteiger partial charge in [-0.3, -0.25) is 4.98 Å². The van der Waals surface area contributed by atoms with Gasteiger partial charge in [0.1, 0.15) is 18.5 Å². The largest absolute Gasteiger partial charge is 0.486 e. The van der Waals surface area contributed by atoms with Crippen molar-refractivity contribution in [2.24, 2.45) is 0 Å². The molecular weight excluding hydrogens is 271 g/mol. The second-order valence-electron chi connectivity index (χ2n) is 5.03. The van der Waals surface area contributed by atoms with Crippen molar-refractivity contribution in [3.05, 3.63) is 54.1 Å². The normalized spacial score (nSPS) is 18.3. The number of para-hydroxylation sites is 2. The molecule has 0 bridgehead atoms. The quantitative estimate of drug-likeness (QED) is 0.939. The SMILES string of the molecule is C[C@H](NC[C@H]1COc2ccccc2O1)c1ccc(F)cn1. The van der Waals surface area contributed by atoms with Gasteiger partial charge in [-0.1, -0.05) is 12.1 Å². The van der Waals surface area contributed by atoms with E-state index in [1.165, 1.54) is 12.3 Å². The van der Waals surface area contributed by atoms with Gasteiger partial charge in [0.25, 0.3) is 0 Å². The minimum absolute atomic E-state index is 0.0198. The summed E-state index contributed by atoms with van der Waals surface area (Å²) in [5, 5.41) is 3.33. The molecule has 2 atom stereocenters. The maximum absolute atomic E-state index is 12.8. The maximum atomic E-state index is 12.8. The third-order valence-corrected chi connectivity index (χ3v) is 3.41. The molecule has 1 aromatic heterocycles. The summed E-state index contributed by atoms with van der Waals surface area (Å²) in [5.74, 6) is 1.22. The van der Waals surface area contributed by atoms with Gasteiger partial charge in [0.2, 0.25) is 0 Å². The molecule has 3 rings (SSSR count). The lowest BCUT2D eigenvalue weighted by Gasteiger charge is -2.27. The molecule has 1 aromatic carbocycles. The summed E-state index contributed by atoms with van der Waals surface area (Å²) in [4.78, 5) is 4.07. The predicted molar refractivity (Wildman–Crippen MR) is 77.0 cm³/mol. The Morgan fingerprint density at radius 3 is 2.86 bits per heavy atom. The van der Waals surface area contributed by atoms with Crippen LogP contribution >= 0.6 is 0 Å². The summed E-state index contributed by atoms with van der Waals surface area (Å²) in [6.45, 7) is 3.13. The first-order valence-electron chi connectivity index (χ1n) is 6.95. The summed E-state index contributed by atoms with van der Waals surface area (Å²) in [6, 6.07) is 10.7. The number of halogens is 1. The second-order valence-corrected chi connectivity index (χ2v) is 5.03. The highest BCUT2D eigenvalue weighted by Crippen LogP contribution is 2.30. The number of rotatable bonds is 4.